The molecule has 0 aliphatic carbocycles. The lowest BCUT2D eigenvalue weighted by Gasteiger charge is -2.05. The molecule has 0 aliphatic heterocycles. The zero-order valence-electron chi connectivity index (χ0n) is 6.55. The van der Waals surface area contributed by atoms with Crippen molar-refractivity contribution < 1.29 is 0 Å². The number of aromatic nitrogens is 4. The maximum atomic E-state index is 5.77. The summed E-state index contributed by atoms with van der Waals surface area (Å²) in [6.07, 6.45) is 2.15. The van der Waals surface area contributed by atoms with Crippen molar-refractivity contribution in [2.45, 2.75) is 6.29 Å². The number of halogens is 1. The van der Waals surface area contributed by atoms with Crippen LogP contribution < -0.4 is 11.5 Å². The van der Waals surface area contributed by atoms with Crippen LogP contribution in [0.4, 0.5) is 0 Å². The average Bonchev–Trinajstić information content (AvgIpc) is 2.48. The molecule has 2 aromatic rings. The number of hydrogen-bond donors (Lipinski definition) is 2. The van der Waals surface area contributed by atoms with Crippen LogP contribution in [0.15, 0.2) is 12.7 Å². The zero-order chi connectivity index (χ0) is 9.42. The maximum absolute atomic E-state index is 5.77. The molecule has 0 amide bonds. The van der Waals surface area contributed by atoms with E-state index in [1.807, 2.05) is 0 Å². The van der Waals surface area contributed by atoms with Gasteiger partial charge in [0.1, 0.15) is 18.1 Å². The van der Waals surface area contributed by atoms with Crippen LogP contribution in [0.5, 0.6) is 0 Å². The van der Waals surface area contributed by atoms with E-state index < -0.39 is 6.29 Å². The molecule has 0 aromatic carbocycles. The Morgan fingerprint density at radius 3 is 2.77 bits per heavy atom. The van der Waals surface area contributed by atoms with Crippen LogP contribution in [0.3, 0.4) is 0 Å². The van der Waals surface area contributed by atoms with Crippen molar-refractivity contribution in [1.82, 2.24) is 19.5 Å². The molecule has 0 fully saturated rings. The Hall–Kier alpha value is -1.24. The normalized spacial score (nSPS) is 11.4. The molecule has 0 radical (unpaired) electrons. The van der Waals surface area contributed by atoms with Gasteiger partial charge in [-0.1, -0.05) is 11.6 Å². The van der Waals surface area contributed by atoms with Crippen molar-refractivity contribution in [3.05, 3.63) is 17.8 Å². The SMILES string of the molecule is NC(N)n1cnc2c(Cl)ncnc21. The van der Waals surface area contributed by atoms with Gasteiger partial charge in [-0.25, -0.2) is 15.0 Å². The van der Waals surface area contributed by atoms with Crippen LogP contribution >= 0.6 is 11.6 Å². The number of rotatable bonds is 1. The van der Waals surface area contributed by atoms with Crippen molar-refractivity contribution >= 4 is 22.8 Å². The number of fused-ring (bicyclic) bond motifs is 1. The van der Waals surface area contributed by atoms with E-state index in [9.17, 15) is 0 Å². The Bertz CT molecular complexity index is 436. The van der Waals surface area contributed by atoms with Gasteiger partial charge in [0.2, 0.25) is 0 Å². The Kier molecular flexibility index (Phi) is 1.87. The van der Waals surface area contributed by atoms with E-state index in [1.165, 1.54) is 17.2 Å². The summed E-state index contributed by atoms with van der Waals surface area (Å²) in [6, 6.07) is 0. The first-order chi connectivity index (χ1) is 6.20. The minimum Gasteiger partial charge on any atom is -0.299 e. The highest BCUT2D eigenvalue weighted by Crippen LogP contribution is 2.17. The molecule has 0 saturated heterocycles. The second-order valence-electron chi connectivity index (χ2n) is 2.48. The molecule has 2 aromatic heterocycles. The Morgan fingerprint density at radius 1 is 1.31 bits per heavy atom. The van der Waals surface area contributed by atoms with Crippen molar-refractivity contribution in [2.75, 3.05) is 0 Å². The lowest BCUT2D eigenvalue weighted by atomic mass is 10.5. The van der Waals surface area contributed by atoms with E-state index in [-0.39, 0.29) is 0 Å². The van der Waals surface area contributed by atoms with Gasteiger partial charge in [0.05, 0.1) is 6.33 Å². The fourth-order valence-electron chi connectivity index (χ4n) is 1.04. The van der Waals surface area contributed by atoms with Crippen molar-refractivity contribution in [3.8, 4) is 0 Å². The third-order valence-corrected chi connectivity index (χ3v) is 1.91. The summed E-state index contributed by atoms with van der Waals surface area (Å²) < 4.78 is 1.52. The van der Waals surface area contributed by atoms with Crippen LogP contribution in [0.1, 0.15) is 6.29 Å². The second kappa shape index (κ2) is 2.91. The average molecular weight is 199 g/mol. The molecule has 13 heavy (non-hydrogen) atoms. The molecule has 0 bridgehead atoms. The van der Waals surface area contributed by atoms with Crippen molar-refractivity contribution in [2.24, 2.45) is 11.5 Å². The molecule has 2 heterocycles. The summed E-state index contributed by atoms with van der Waals surface area (Å²) >= 11 is 5.77. The van der Waals surface area contributed by atoms with Gasteiger partial charge in [-0.3, -0.25) is 16.0 Å². The first-order valence-electron chi connectivity index (χ1n) is 3.54. The highest BCUT2D eigenvalue weighted by molar-refractivity contribution is 6.33. The van der Waals surface area contributed by atoms with E-state index in [4.69, 9.17) is 23.1 Å². The molecule has 2 rings (SSSR count). The van der Waals surface area contributed by atoms with Gasteiger partial charge < -0.3 is 0 Å². The molecule has 4 N–H and O–H groups in total. The van der Waals surface area contributed by atoms with Crippen molar-refractivity contribution in [3.63, 3.8) is 0 Å². The van der Waals surface area contributed by atoms with Gasteiger partial charge in [0.25, 0.3) is 0 Å². The second-order valence-corrected chi connectivity index (χ2v) is 2.84. The van der Waals surface area contributed by atoms with Crippen LogP contribution in [-0.2, 0) is 0 Å². The third kappa shape index (κ3) is 1.24. The molecular formula is C6H7ClN6. The van der Waals surface area contributed by atoms with Crippen LogP contribution in [-0.4, -0.2) is 19.5 Å². The molecule has 68 valence electrons. The number of nitrogens with two attached hydrogens (primary N) is 2. The third-order valence-electron chi connectivity index (χ3n) is 1.64. The first kappa shape index (κ1) is 8.36. The highest BCUT2D eigenvalue weighted by Gasteiger charge is 2.09. The Morgan fingerprint density at radius 2 is 2.08 bits per heavy atom. The van der Waals surface area contributed by atoms with Crippen LogP contribution in [0, 0.1) is 0 Å². The first-order valence-corrected chi connectivity index (χ1v) is 3.92. The van der Waals surface area contributed by atoms with E-state index in [1.54, 1.807) is 0 Å². The fraction of sp³-hybridized carbons (Fsp3) is 0.167. The number of hydrogen-bond acceptors (Lipinski definition) is 5. The summed E-state index contributed by atoms with van der Waals surface area (Å²) in [6.45, 7) is 0. The van der Waals surface area contributed by atoms with E-state index in [2.05, 4.69) is 15.0 Å². The van der Waals surface area contributed by atoms with Gasteiger partial charge in [-0.15, -0.1) is 0 Å². The number of imidazole rings is 1. The van der Waals surface area contributed by atoms with E-state index in [0.29, 0.717) is 16.3 Å². The largest absolute Gasteiger partial charge is 0.299 e. The molecule has 0 saturated carbocycles. The standard InChI is InChI=1S/C6H7ClN6/c7-4-3-5(11-1-10-4)13(2-12-3)6(8)9/h1-2,6H,8-9H2. The molecule has 0 spiro atoms. The maximum Gasteiger partial charge on any atom is 0.167 e. The number of nitrogens with zero attached hydrogens (tertiary/aromatic N) is 4. The van der Waals surface area contributed by atoms with Gasteiger partial charge in [-0.05, 0) is 0 Å². The topological polar surface area (TPSA) is 95.6 Å². The molecule has 0 aliphatic rings. The van der Waals surface area contributed by atoms with Crippen LogP contribution in [0.2, 0.25) is 5.15 Å². The Labute approximate surface area is 78.5 Å². The highest BCUT2D eigenvalue weighted by atomic mass is 35.5. The molecular weight excluding hydrogens is 192 g/mol. The molecule has 6 nitrogen and oxygen atoms in total. The predicted molar refractivity (Wildman–Crippen MR) is 47.7 cm³/mol. The fourth-order valence-corrected chi connectivity index (χ4v) is 1.22. The summed E-state index contributed by atoms with van der Waals surface area (Å²) in [7, 11) is 0. The van der Waals surface area contributed by atoms with Gasteiger partial charge in [-0.2, -0.15) is 0 Å². The summed E-state index contributed by atoms with van der Waals surface area (Å²) in [5, 5.41) is 0.296. The smallest absolute Gasteiger partial charge is 0.167 e. The van der Waals surface area contributed by atoms with Crippen LogP contribution in [0.25, 0.3) is 11.2 Å². The zero-order valence-corrected chi connectivity index (χ0v) is 7.31. The molecule has 0 atom stereocenters. The predicted octanol–water partition coefficient (Wildman–Crippen LogP) is -0.147. The summed E-state index contributed by atoms with van der Waals surface area (Å²) in [5.41, 5.74) is 12.0. The van der Waals surface area contributed by atoms with E-state index >= 15 is 0 Å². The monoisotopic (exact) mass is 198 g/mol. The van der Waals surface area contributed by atoms with Gasteiger partial charge in [0, 0.05) is 0 Å². The molecule has 0 unspecified atom stereocenters. The minimum absolute atomic E-state index is 0.296. The quantitative estimate of drug-likeness (QED) is 0.491. The molecule has 7 heteroatoms. The minimum atomic E-state index is -0.670. The van der Waals surface area contributed by atoms with Gasteiger partial charge in [0.15, 0.2) is 10.8 Å². The summed E-state index contributed by atoms with van der Waals surface area (Å²) in [5.74, 6) is 0. The lowest BCUT2D eigenvalue weighted by molar-refractivity contribution is 0.555. The van der Waals surface area contributed by atoms with Gasteiger partial charge >= 0.3 is 0 Å². The van der Waals surface area contributed by atoms with E-state index in [0.717, 1.165) is 0 Å². The van der Waals surface area contributed by atoms with Crippen molar-refractivity contribution in [1.29, 1.82) is 0 Å². The summed E-state index contributed by atoms with van der Waals surface area (Å²) in [4.78, 5) is 11.7. The lowest BCUT2D eigenvalue weighted by Crippen LogP contribution is -2.26. The Balaban J connectivity index is 2.75.